The first kappa shape index (κ1) is 13.3. The molecule has 0 aromatic rings. The van der Waals surface area contributed by atoms with Gasteiger partial charge in [0.2, 0.25) is 5.91 Å². The Labute approximate surface area is 90.2 Å². The lowest BCUT2D eigenvalue weighted by Gasteiger charge is -2.14. The van der Waals surface area contributed by atoms with Gasteiger partial charge in [-0.05, 0) is 5.92 Å². The average Bonchev–Trinajstić information content (AvgIpc) is 2.16. The van der Waals surface area contributed by atoms with Crippen molar-refractivity contribution in [3.05, 3.63) is 0 Å². The van der Waals surface area contributed by atoms with E-state index in [1.54, 1.807) is 11.8 Å². The maximum Gasteiger partial charge on any atom is 0.237 e. The highest BCUT2D eigenvalue weighted by Gasteiger charge is 2.15. The molecule has 0 heterocycles. The van der Waals surface area contributed by atoms with Gasteiger partial charge >= 0.3 is 0 Å². The van der Waals surface area contributed by atoms with E-state index in [1.165, 1.54) is 0 Å². The van der Waals surface area contributed by atoms with E-state index in [-0.39, 0.29) is 11.8 Å². The van der Waals surface area contributed by atoms with Crippen LogP contribution in [0.4, 0.5) is 0 Å². The first-order valence-corrected chi connectivity index (χ1v) is 5.79. The summed E-state index contributed by atoms with van der Waals surface area (Å²) in [5, 5.41) is 2.77. The zero-order chi connectivity index (χ0) is 11.0. The Kier molecular flexibility index (Phi) is 7.35. The van der Waals surface area contributed by atoms with Gasteiger partial charge in [0, 0.05) is 12.3 Å². The lowest BCUT2D eigenvalue weighted by atomic mass is 10.1. The summed E-state index contributed by atoms with van der Waals surface area (Å²) in [6, 6.07) is -0.410. The van der Waals surface area contributed by atoms with Gasteiger partial charge in [-0.15, -0.1) is 18.2 Å². The molecule has 0 bridgehead atoms. The third-order valence-corrected chi connectivity index (χ3v) is 2.62. The maximum absolute atomic E-state index is 11.3. The van der Waals surface area contributed by atoms with Crippen molar-refractivity contribution >= 4 is 17.7 Å². The predicted octanol–water partition coefficient (Wildman–Crippen LogP) is 0.452. The molecule has 80 valence electrons. The maximum atomic E-state index is 11.3. The van der Waals surface area contributed by atoms with Crippen LogP contribution in [0.25, 0.3) is 0 Å². The van der Waals surface area contributed by atoms with E-state index < -0.39 is 6.04 Å². The fourth-order valence-corrected chi connectivity index (χ4v) is 1.31. The summed E-state index contributed by atoms with van der Waals surface area (Å²) in [6.07, 6.45) is 5.08. The van der Waals surface area contributed by atoms with Crippen molar-refractivity contribution in [2.75, 3.05) is 18.1 Å². The number of hydrogen-bond donors (Lipinski definition) is 2. The van der Waals surface area contributed by atoms with Gasteiger partial charge in [0.25, 0.3) is 0 Å². The molecule has 0 fully saturated rings. The highest BCUT2D eigenvalue weighted by molar-refractivity contribution is 7.99. The van der Waals surface area contributed by atoms with Gasteiger partial charge < -0.3 is 11.1 Å². The van der Waals surface area contributed by atoms with E-state index >= 15 is 0 Å². The topological polar surface area (TPSA) is 55.1 Å². The van der Waals surface area contributed by atoms with Crippen molar-refractivity contribution in [2.24, 2.45) is 11.7 Å². The molecular formula is C10H18N2OS. The van der Waals surface area contributed by atoms with Crippen LogP contribution >= 0.6 is 11.8 Å². The number of hydrogen-bond acceptors (Lipinski definition) is 3. The molecule has 0 aliphatic carbocycles. The Morgan fingerprint density at radius 1 is 1.64 bits per heavy atom. The molecule has 3 N–H and O–H groups in total. The van der Waals surface area contributed by atoms with Crippen molar-refractivity contribution < 1.29 is 4.79 Å². The zero-order valence-corrected chi connectivity index (χ0v) is 9.56. The highest BCUT2D eigenvalue weighted by atomic mass is 32.2. The van der Waals surface area contributed by atoms with Crippen molar-refractivity contribution in [3.63, 3.8) is 0 Å². The number of nitrogens with one attached hydrogen (secondary N) is 1. The first-order chi connectivity index (χ1) is 6.59. The third kappa shape index (κ3) is 5.90. The molecule has 0 unspecified atom stereocenters. The lowest BCUT2D eigenvalue weighted by Crippen LogP contribution is -2.44. The fourth-order valence-electron chi connectivity index (χ4n) is 0.798. The average molecular weight is 214 g/mol. The summed E-state index contributed by atoms with van der Waals surface area (Å²) < 4.78 is 0. The molecule has 0 saturated heterocycles. The number of terminal acetylenes is 1. The Balaban J connectivity index is 3.50. The fraction of sp³-hybridized carbons (Fsp3) is 0.700. The van der Waals surface area contributed by atoms with Gasteiger partial charge in [-0.1, -0.05) is 19.8 Å². The standard InChI is InChI=1S/C10H18N2OS/c1-4-6-14-7-5-12-10(13)9(11)8(2)3/h1,8-9H,5-7,11H2,2-3H3,(H,12,13)/t9-/m0/s1. The van der Waals surface area contributed by atoms with Crippen molar-refractivity contribution in [1.82, 2.24) is 5.32 Å². The summed E-state index contributed by atoms with van der Waals surface area (Å²) in [5.74, 6) is 4.14. The molecule has 1 amide bonds. The van der Waals surface area contributed by atoms with Crippen LogP contribution in [0, 0.1) is 18.3 Å². The Hall–Kier alpha value is -0.660. The second-order valence-electron chi connectivity index (χ2n) is 3.32. The number of rotatable bonds is 6. The molecule has 0 radical (unpaired) electrons. The van der Waals surface area contributed by atoms with Crippen LogP contribution in [0.2, 0.25) is 0 Å². The SMILES string of the molecule is C#CCSCCNC(=O)[C@@H](N)C(C)C. The van der Waals surface area contributed by atoms with Crippen molar-refractivity contribution in [1.29, 1.82) is 0 Å². The van der Waals surface area contributed by atoms with E-state index in [0.717, 1.165) is 5.75 Å². The largest absolute Gasteiger partial charge is 0.354 e. The number of nitrogens with two attached hydrogens (primary N) is 1. The Morgan fingerprint density at radius 2 is 2.29 bits per heavy atom. The summed E-state index contributed by atoms with van der Waals surface area (Å²) in [7, 11) is 0. The van der Waals surface area contributed by atoms with Crippen LogP contribution in [0.15, 0.2) is 0 Å². The van der Waals surface area contributed by atoms with E-state index in [2.05, 4.69) is 11.2 Å². The first-order valence-electron chi connectivity index (χ1n) is 4.64. The van der Waals surface area contributed by atoms with Crippen LogP contribution < -0.4 is 11.1 Å². The summed E-state index contributed by atoms with van der Waals surface area (Å²) >= 11 is 1.62. The van der Waals surface area contributed by atoms with Crippen LogP contribution in [0.3, 0.4) is 0 Å². The number of amides is 1. The second-order valence-corrected chi connectivity index (χ2v) is 4.42. The van der Waals surface area contributed by atoms with Gasteiger partial charge in [-0.25, -0.2) is 0 Å². The number of carbonyl (C=O) groups is 1. The molecular weight excluding hydrogens is 196 g/mol. The monoisotopic (exact) mass is 214 g/mol. The number of carbonyl (C=O) groups excluding carboxylic acids is 1. The van der Waals surface area contributed by atoms with E-state index in [9.17, 15) is 4.79 Å². The molecule has 0 spiro atoms. The van der Waals surface area contributed by atoms with E-state index in [4.69, 9.17) is 12.2 Å². The normalized spacial score (nSPS) is 12.2. The van der Waals surface area contributed by atoms with Gasteiger partial charge in [0.05, 0.1) is 11.8 Å². The summed E-state index contributed by atoms with van der Waals surface area (Å²) in [5.41, 5.74) is 5.65. The minimum atomic E-state index is -0.410. The van der Waals surface area contributed by atoms with Crippen molar-refractivity contribution in [3.8, 4) is 12.3 Å². The molecule has 4 heteroatoms. The second kappa shape index (κ2) is 7.72. The molecule has 0 aromatic carbocycles. The molecule has 0 aliphatic rings. The summed E-state index contributed by atoms with van der Waals surface area (Å²) in [6.45, 7) is 4.49. The highest BCUT2D eigenvalue weighted by Crippen LogP contribution is 1.99. The molecule has 0 rings (SSSR count). The predicted molar refractivity (Wildman–Crippen MR) is 62.0 cm³/mol. The number of thioether (sulfide) groups is 1. The quantitative estimate of drug-likeness (QED) is 0.499. The molecule has 0 aliphatic heterocycles. The molecule has 0 saturated carbocycles. The Morgan fingerprint density at radius 3 is 2.79 bits per heavy atom. The van der Waals surface area contributed by atoms with E-state index in [1.807, 2.05) is 13.8 Å². The van der Waals surface area contributed by atoms with Crippen molar-refractivity contribution in [2.45, 2.75) is 19.9 Å². The van der Waals surface area contributed by atoms with Crippen LogP contribution in [-0.4, -0.2) is 30.0 Å². The lowest BCUT2D eigenvalue weighted by molar-refractivity contribution is -0.123. The van der Waals surface area contributed by atoms with E-state index in [0.29, 0.717) is 12.3 Å². The summed E-state index contributed by atoms with van der Waals surface area (Å²) in [4.78, 5) is 11.3. The van der Waals surface area contributed by atoms with Crippen LogP contribution in [0.5, 0.6) is 0 Å². The van der Waals surface area contributed by atoms with Gasteiger partial charge in [-0.3, -0.25) is 4.79 Å². The van der Waals surface area contributed by atoms with Gasteiger partial charge in [0.15, 0.2) is 0 Å². The van der Waals surface area contributed by atoms with Gasteiger partial charge in [0.1, 0.15) is 0 Å². The van der Waals surface area contributed by atoms with Crippen LogP contribution in [0.1, 0.15) is 13.8 Å². The van der Waals surface area contributed by atoms with Crippen LogP contribution in [-0.2, 0) is 4.79 Å². The van der Waals surface area contributed by atoms with Gasteiger partial charge in [-0.2, -0.15) is 0 Å². The smallest absolute Gasteiger partial charge is 0.237 e. The zero-order valence-electron chi connectivity index (χ0n) is 8.75. The molecule has 0 aromatic heterocycles. The molecule has 14 heavy (non-hydrogen) atoms. The third-order valence-electron chi connectivity index (χ3n) is 1.75. The minimum absolute atomic E-state index is 0.0821. The Bertz CT molecular complexity index is 211. The molecule has 1 atom stereocenters. The molecule has 3 nitrogen and oxygen atoms in total. The minimum Gasteiger partial charge on any atom is -0.354 e.